The third kappa shape index (κ3) is 3.05. The van der Waals surface area contributed by atoms with Gasteiger partial charge in [0.2, 0.25) is 0 Å². The highest BCUT2D eigenvalue weighted by molar-refractivity contribution is 8.00. The summed E-state index contributed by atoms with van der Waals surface area (Å²) < 4.78 is 61.1. The standard InChI is InChI=1S/C8H4F5NO2S/c9-7(10,11)8(12,13)17-6-4-2-1-3-5(6)14(15)16/h1-4H. The van der Waals surface area contributed by atoms with Gasteiger partial charge < -0.3 is 0 Å². The van der Waals surface area contributed by atoms with E-state index < -0.39 is 38.7 Å². The van der Waals surface area contributed by atoms with Crippen LogP contribution in [0.4, 0.5) is 27.6 Å². The number of para-hydroxylation sites is 1. The number of nitrogens with zero attached hydrogens (tertiary/aromatic N) is 1. The number of halogens is 5. The fourth-order valence-corrected chi connectivity index (χ4v) is 1.68. The highest BCUT2D eigenvalue weighted by Crippen LogP contribution is 2.49. The van der Waals surface area contributed by atoms with Crippen molar-refractivity contribution in [3.8, 4) is 0 Å². The van der Waals surface area contributed by atoms with Gasteiger partial charge in [0.15, 0.2) is 0 Å². The minimum absolute atomic E-state index is 0.736. The predicted molar refractivity (Wildman–Crippen MR) is 50.0 cm³/mol. The molecule has 0 aliphatic carbocycles. The van der Waals surface area contributed by atoms with E-state index in [4.69, 9.17) is 0 Å². The van der Waals surface area contributed by atoms with Crippen LogP contribution < -0.4 is 0 Å². The number of nitro groups is 1. The molecule has 0 saturated heterocycles. The Balaban J connectivity index is 3.08. The van der Waals surface area contributed by atoms with Gasteiger partial charge in [-0.3, -0.25) is 10.1 Å². The number of rotatable bonds is 3. The first kappa shape index (κ1) is 13.7. The number of thioether (sulfide) groups is 1. The van der Waals surface area contributed by atoms with E-state index in [1.165, 1.54) is 6.07 Å². The second kappa shape index (κ2) is 4.47. The van der Waals surface area contributed by atoms with Crippen LogP contribution in [0.15, 0.2) is 29.2 Å². The second-order valence-electron chi connectivity index (χ2n) is 2.84. The van der Waals surface area contributed by atoms with Crippen LogP contribution >= 0.6 is 11.8 Å². The number of benzene rings is 1. The lowest BCUT2D eigenvalue weighted by molar-refractivity contribution is -0.387. The van der Waals surface area contributed by atoms with Crippen molar-refractivity contribution in [1.29, 1.82) is 0 Å². The molecule has 1 aromatic carbocycles. The molecule has 0 unspecified atom stereocenters. The molecule has 0 N–H and O–H groups in total. The van der Waals surface area contributed by atoms with Crippen LogP contribution in [0.1, 0.15) is 0 Å². The van der Waals surface area contributed by atoms with Crippen LogP contribution in [-0.2, 0) is 0 Å². The van der Waals surface area contributed by atoms with Gasteiger partial charge in [-0.1, -0.05) is 12.1 Å². The maximum Gasteiger partial charge on any atom is 0.464 e. The molecule has 0 aromatic heterocycles. The largest absolute Gasteiger partial charge is 0.464 e. The first-order chi connectivity index (χ1) is 7.65. The third-order valence-electron chi connectivity index (χ3n) is 1.63. The molecule has 94 valence electrons. The number of nitro benzene ring substituents is 1. The molecule has 0 aliphatic heterocycles. The molecule has 0 amide bonds. The Hall–Kier alpha value is -1.38. The Kier molecular flexibility index (Phi) is 3.60. The van der Waals surface area contributed by atoms with E-state index in [2.05, 4.69) is 0 Å². The molecule has 3 nitrogen and oxygen atoms in total. The molecule has 1 rings (SSSR count). The molecule has 1 aromatic rings. The summed E-state index contributed by atoms with van der Waals surface area (Å²) in [5.41, 5.74) is -0.790. The van der Waals surface area contributed by atoms with Crippen molar-refractivity contribution in [1.82, 2.24) is 0 Å². The summed E-state index contributed by atoms with van der Waals surface area (Å²) in [6, 6.07) is 4.01. The van der Waals surface area contributed by atoms with Crippen LogP contribution in [0, 0.1) is 10.1 Å². The van der Waals surface area contributed by atoms with Crippen molar-refractivity contribution < 1.29 is 26.9 Å². The zero-order valence-electron chi connectivity index (χ0n) is 7.87. The van der Waals surface area contributed by atoms with Gasteiger partial charge in [0.1, 0.15) is 0 Å². The van der Waals surface area contributed by atoms with Gasteiger partial charge in [-0.25, -0.2) is 0 Å². The van der Waals surface area contributed by atoms with E-state index in [0.717, 1.165) is 18.2 Å². The van der Waals surface area contributed by atoms with Gasteiger partial charge in [-0.15, -0.1) is 0 Å². The minimum Gasteiger partial charge on any atom is -0.258 e. The molecule has 0 atom stereocenters. The molecule has 0 bridgehead atoms. The Bertz CT molecular complexity index is 434. The first-order valence-corrected chi connectivity index (χ1v) is 4.84. The summed E-state index contributed by atoms with van der Waals surface area (Å²) in [6.45, 7) is 0. The van der Waals surface area contributed by atoms with Crippen LogP contribution in [0.5, 0.6) is 0 Å². The quantitative estimate of drug-likeness (QED) is 0.363. The normalized spacial score (nSPS) is 12.5. The summed E-state index contributed by atoms with van der Waals surface area (Å²) >= 11 is -0.892. The van der Waals surface area contributed by atoms with Crippen molar-refractivity contribution in [3.05, 3.63) is 34.4 Å². The second-order valence-corrected chi connectivity index (χ2v) is 4.00. The Morgan fingerprint density at radius 3 is 2.12 bits per heavy atom. The predicted octanol–water partition coefficient (Wildman–Crippen LogP) is 3.84. The zero-order chi connectivity index (χ0) is 13.3. The third-order valence-corrected chi connectivity index (χ3v) is 2.68. The van der Waals surface area contributed by atoms with Crippen molar-refractivity contribution >= 4 is 17.4 Å². The van der Waals surface area contributed by atoms with Gasteiger partial charge in [0.25, 0.3) is 5.69 Å². The van der Waals surface area contributed by atoms with E-state index in [-0.39, 0.29) is 0 Å². The van der Waals surface area contributed by atoms with E-state index >= 15 is 0 Å². The zero-order valence-corrected chi connectivity index (χ0v) is 8.69. The smallest absolute Gasteiger partial charge is 0.258 e. The topological polar surface area (TPSA) is 43.1 Å². The summed E-state index contributed by atoms with van der Waals surface area (Å²) in [5, 5.41) is 5.35. The fourth-order valence-electron chi connectivity index (χ4n) is 0.890. The van der Waals surface area contributed by atoms with Crippen molar-refractivity contribution in [2.75, 3.05) is 0 Å². The lowest BCUT2D eigenvalue weighted by atomic mass is 10.3. The molecule has 9 heteroatoms. The lowest BCUT2D eigenvalue weighted by Gasteiger charge is -2.18. The van der Waals surface area contributed by atoms with Gasteiger partial charge in [-0.2, -0.15) is 22.0 Å². The van der Waals surface area contributed by atoms with E-state index in [9.17, 15) is 32.1 Å². The molecule has 0 radical (unpaired) electrons. The summed E-state index contributed by atoms with van der Waals surface area (Å²) in [6.07, 6.45) is -5.76. The number of hydrogen-bond donors (Lipinski definition) is 0. The average molecular weight is 273 g/mol. The highest BCUT2D eigenvalue weighted by Gasteiger charge is 2.59. The van der Waals surface area contributed by atoms with Crippen LogP contribution in [-0.4, -0.2) is 16.4 Å². The van der Waals surface area contributed by atoms with Crippen molar-refractivity contribution in [3.63, 3.8) is 0 Å². The SMILES string of the molecule is O=[N+]([O-])c1ccccc1SC(F)(F)C(F)(F)F. The lowest BCUT2D eigenvalue weighted by Crippen LogP contribution is -2.32. The molecular formula is C8H4F5NO2S. The van der Waals surface area contributed by atoms with Gasteiger partial charge in [0, 0.05) is 6.07 Å². The monoisotopic (exact) mass is 273 g/mol. The van der Waals surface area contributed by atoms with E-state index in [1.807, 2.05) is 0 Å². The minimum atomic E-state index is -5.76. The molecule has 0 spiro atoms. The van der Waals surface area contributed by atoms with Crippen LogP contribution in [0.3, 0.4) is 0 Å². The van der Waals surface area contributed by atoms with Crippen molar-refractivity contribution in [2.24, 2.45) is 0 Å². The van der Waals surface area contributed by atoms with Gasteiger partial charge >= 0.3 is 11.4 Å². The molecule has 0 saturated carbocycles. The summed E-state index contributed by atoms with van der Waals surface area (Å²) in [5.74, 6) is 0. The number of alkyl halides is 5. The maximum atomic E-state index is 12.7. The maximum absolute atomic E-state index is 12.7. The Morgan fingerprint density at radius 2 is 1.65 bits per heavy atom. The van der Waals surface area contributed by atoms with Crippen LogP contribution in [0.25, 0.3) is 0 Å². The Morgan fingerprint density at radius 1 is 1.12 bits per heavy atom. The molecule has 0 aliphatic rings. The van der Waals surface area contributed by atoms with Gasteiger partial charge in [0.05, 0.1) is 9.82 Å². The molecule has 17 heavy (non-hydrogen) atoms. The van der Waals surface area contributed by atoms with E-state index in [1.54, 1.807) is 0 Å². The molecular weight excluding hydrogens is 269 g/mol. The van der Waals surface area contributed by atoms with Crippen LogP contribution in [0.2, 0.25) is 0 Å². The summed E-state index contributed by atoms with van der Waals surface area (Å²) in [7, 11) is 0. The average Bonchev–Trinajstić information content (AvgIpc) is 2.15. The molecule has 0 heterocycles. The number of hydrogen-bond acceptors (Lipinski definition) is 3. The first-order valence-electron chi connectivity index (χ1n) is 4.02. The molecule has 0 fully saturated rings. The van der Waals surface area contributed by atoms with Gasteiger partial charge in [-0.05, 0) is 17.8 Å². The fraction of sp³-hybridized carbons (Fsp3) is 0.250. The highest BCUT2D eigenvalue weighted by atomic mass is 32.2. The summed E-state index contributed by atoms with van der Waals surface area (Å²) in [4.78, 5) is 8.67. The Labute approximate surface area is 95.8 Å². The van der Waals surface area contributed by atoms with Crippen molar-refractivity contribution in [2.45, 2.75) is 16.3 Å². The van der Waals surface area contributed by atoms with E-state index in [0.29, 0.717) is 0 Å².